The molecule has 8 nitrogen and oxygen atoms in total. The number of ether oxygens (including phenoxy) is 2. The first-order chi connectivity index (χ1) is 13.7. The number of anilines is 1. The Morgan fingerprint density at radius 1 is 1.31 bits per heavy atom. The van der Waals surface area contributed by atoms with E-state index in [-0.39, 0.29) is 17.9 Å². The molecule has 1 unspecified atom stereocenters. The van der Waals surface area contributed by atoms with E-state index in [1.54, 1.807) is 24.3 Å². The SMILES string of the molecule is CC(OC(=O)C1=Cc2cc(Cl)ccc2OC1)C(=O)Nc1ccc(F)c([N+](=O)[O-])c1. The summed E-state index contributed by atoms with van der Waals surface area (Å²) in [4.78, 5) is 34.4. The van der Waals surface area contributed by atoms with E-state index in [0.717, 1.165) is 18.2 Å². The predicted octanol–water partition coefficient (Wildman–Crippen LogP) is 3.73. The molecule has 10 heteroatoms. The molecule has 0 radical (unpaired) electrons. The minimum atomic E-state index is -1.21. The number of esters is 1. The number of carbonyl (C=O) groups is 2. The number of hydrogen-bond acceptors (Lipinski definition) is 6. The Labute approximate surface area is 169 Å². The molecular formula is C19H14ClFN2O6. The molecule has 1 aliphatic heterocycles. The molecular weight excluding hydrogens is 407 g/mol. The minimum Gasteiger partial charge on any atom is -0.488 e. The summed E-state index contributed by atoms with van der Waals surface area (Å²) in [5.74, 6) is -1.96. The van der Waals surface area contributed by atoms with E-state index in [9.17, 15) is 24.1 Å². The molecule has 0 saturated heterocycles. The summed E-state index contributed by atoms with van der Waals surface area (Å²) in [6.07, 6.45) is 0.342. The van der Waals surface area contributed by atoms with Gasteiger partial charge in [-0.2, -0.15) is 4.39 Å². The molecule has 1 N–H and O–H groups in total. The molecule has 0 spiro atoms. The fourth-order valence-corrected chi connectivity index (χ4v) is 2.71. The average Bonchev–Trinajstić information content (AvgIpc) is 2.68. The van der Waals surface area contributed by atoms with Crippen LogP contribution in [0.5, 0.6) is 5.75 Å². The minimum absolute atomic E-state index is 0.00483. The monoisotopic (exact) mass is 420 g/mol. The van der Waals surface area contributed by atoms with Gasteiger partial charge in [0.2, 0.25) is 5.82 Å². The highest BCUT2D eigenvalue weighted by atomic mass is 35.5. The molecule has 0 aliphatic carbocycles. The first-order valence-electron chi connectivity index (χ1n) is 8.33. The summed E-state index contributed by atoms with van der Waals surface area (Å²) in [6, 6.07) is 7.85. The molecule has 0 saturated carbocycles. The first-order valence-corrected chi connectivity index (χ1v) is 8.71. The van der Waals surface area contributed by atoms with Crippen molar-refractivity contribution in [2.24, 2.45) is 0 Å². The quantitative estimate of drug-likeness (QED) is 0.448. The van der Waals surface area contributed by atoms with Gasteiger partial charge >= 0.3 is 11.7 Å². The van der Waals surface area contributed by atoms with Crippen LogP contribution in [0.3, 0.4) is 0 Å². The number of hydrogen-bond donors (Lipinski definition) is 1. The fourth-order valence-electron chi connectivity index (χ4n) is 2.53. The van der Waals surface area contributed by atoms with Gasteiger partial charge in [-0.3, -0.25) is 14.9 Å². The van der Waals surface area contributed by atoms with E-state index in [1.165, 1.54) is 6.92 Å². The maximum atomic E-state index is 13.4. The zero-order valence-corrected chi connectivity index (χ0v) is 15.7. The van der Waals surface area contributed by atoms with Gasteiger partial charge in [-0.1, -0.05) is 11.6 Å². The van der Waals surface area contributed by atoms with Crippen LogP contribution in [0.2, 0.25) is 5.02 Å². The second kappa shape index (κ2) is 8.27. The average molecular weight is 421 g/mol. The second-order valence-corrected chi connectivity index (χ2v) is 6.54. The van der Waals surface area contributed by atoms with E-state index in [0.29, 0.717) is 16.3 Å². The highest BCUT2D eigenvalue weighted by molar-refractivity contribution is 6.30. The number of nitrogens with one attached hydrogen (secondary N) is 1. The molecule has 1 aliphatic rings. The predicted molar refractivity (Wildman–Crippen MR) is 102 cm³/mol. The third kappa shape index (κ3) is 4.69. The summed E-state index contributed by atoms with van der Waals surface area (Å²) in [6.45, 7) is 1.30. The van der Waals surface area contributed by atoms with Crippen molar-refractivity contribution in [2.75, 3.05) is 11.9 Å². The fraction of sp³-hybridized carbons (Fsp3) is 0.158. The second-order valence-electron chi connectivity index (χ2n) is 6.10. The number of nitrogens with zero attached hydrogens (tertiary/aromatic N) is 1. The summed E-state index contributed by atoms with van der Waals surface area (Å²) >= 11 is 5.93. The number of fused-ring (bicyclic) bond motifs is 1. The van der Waals surface area contributed by atoms with Crippen LogP contribution >= 0.6 is 11.6 Å². The van der Waals surface area contributed by atoms with E-state index in [4.69, 9.17) is 21.1 Å². The van der Waals surface area contributed by atoms with Gasteiger partial charge in [0.1, 0.15) is 12.4 Å². The van der Waals surface area contributed by atoms with Crippen LogP contribution < -0.4 is 10.1 Å². The van der Waals surface area contributed by atoms with Gasteiger partial charge in [0.15, 0.2) is 6.10 Å². The van der Waals surface area contributed by atoms with Crippen molar-refractivity contribution in [3.05, 3.63) is 68.5 Å². The van der Waals surface area contributed by atoms with Crippen LogP contribution in [-0.4, -0.2) is 29.5 Å². The molecule has 3 rings (SSSR count). The zero-order valence-electron chi connectivity index (χ0n) is 15.0. The Balaban J connectivity index is 1.66. The van der Waals surface area contributed by atoms with Crippen molar-refractivity contribution >= 4 is 40.9 Å². The van der Waals surface area contributed by atoms with E-state index < -0.39 is 34.4 Å². The Bertz CT molecular complexity index is 1040. The summed E-state index contributed by atoms with van der Waals surface area (Å²) in [5.41, 5.74) is 0.00679. The van der Waals surface area contributed by atoms with Gasteiger partial charge in [-0.05, 0) is 43.3 Å². The molecule has 150 valence electrons. The van der Waals surface area contributed by atoms with Gasteiger partial charge in [0.25, 0.3) is 5.91 Å². The highest BCUT2D eigenvalue weighted by Gasteiger charge is 2.24. The molecule has 1 atom stereocenters. The van der Waals surface area contributed by atoms with Crippen LogP contribution in [0.15, 0.2) is 42.0 Å². The topological polar surface area (TPSA) is 108 Å². The van der Waals surface area contributed by atoms with Crippen LogP contribution in [0.4, 0.5) is 15.8 Å². The van der Waals surface area contributed by atoms with E-state index >= 15 is 0 Å². The molecule has 2 aromatic carbocycles. The van der Waals surface area contributed by atoms with Gasteiger partial charge in [0.05, 0.1) is 10.5 Å². The van der Waals surface area contributed by atoms with Crippen LogP contribution in [0.1, 0.15) is 12.5 Å². The molecule has 0 fully saturated rings. The first kappa shape index (κ1) is 20.3. The van der Waals surface area contributed by atoms with Gasteiger partial charge in [0, 0.05) is 22.3 Å². The maximum absolute atomic E-state index is 13.4. The number of carbonyl (C=O) groups excluding carboxylic acids is 2. The van der Waals surface area contributed by atoms with Crippen molar-refractivity contribution < 1.29 is 28.4 Å². The molecule has 0 bridgehead atoms. The van der Waals surface area contributed by atoms with Gasteiger partial charge < -0.3 is 14.8 Å². The standard InChI is InChI=1S/C19H14ClFN2O6/c1-10(18(24)22-14-3-4-15(21)16(8-14)23(26)27)29-19(25)12-6-11-7-13(20)2-5-17(11)28-9-12/h2-8,10H,9H2,1H3,(H,22,24). The molecule has 29 heavy (non-hydrogen) atoms. The zero-order chi connectivity index (χ0) is 21.1. The smallest absolute Gasteiger partial charge is 0.338 e. The Hall–Kier alpha value is -3.46. The Morgan fingerprint density at radius 2 is 2.07 bits per heavy atom. The maximum Gasteiger partial charge on any atom is 0.338 e. The molecule has 2 aromatic rings. The molecule has 1 heterocycles. The van der Waals surface area contributed by atoms with Crippen molar-refractivity contribution in [1.82, 2.24) is 0 Å². The van der Waals surface area contributed by atoms with Crippen LogP contribution in [-0.2, 0) is 14.3 Å². The van der Waals surface area contributed by atoms with E-state index in [2.05, 4.69) is 5.32 Å². The third-order valence-electron chi connectivity index (χ3n) is 4.01. The Kier molecular flexibility index (Phi) is 5.79. The normalized spacial score (nSPS) is 13.4. The van der Waals surface area contributed by atoms with Crippen molar-refractivity contribution in [1.29, 1.82) is 0 Å². The lowest BCUT2D eigenvalue weighted by Crippen LogP contribution is -2.31. The van der Waals surface area contributed by atoms with Crippen LogP contribution in [0, 0.1) is 15.9 Å². The number of nitro groups is 1. The largest absolute Gasteiger partial charge is 0.488 e. The molecule has 0 aromatic heterocycles. The number of rotatable bonds is 5. The van der Waals surface area contributed by atoms with Gasteiger partial charge in [-0.15, -0.1) is 0 Å². The van der Waals surface area contributed by atoms with Crippen molar-refractivity contribution in [3.8, 4) is 5.75 Å². The third-order valence-corrected chi connectivity index (χ3v) is 4.25. The van der Waals surface area contributed by atoms with E-state index in [1.807, 2.05) is 0 Å². The number of nitro benzene ring substituents is 1. The summed E-state index contributed by atoms with van der Waals surface area (Å²) in [7, 11) is 0. The van der Waals surface area contributed by atoms with Crippen LogP contribution in [0.25, 0.3) is 6.08 Å². The Morgan fingerprint density at radius 3 is 2.79 bits per heavy atom. The number of amides is 1. The lowest BCUT2D eigenvalue weighted by Gasteiger charge is -2.19. The molecule has 1 amide bonds. The van der Waals surface area contributed by atoms with Gasteiger partial charge in [-0.25, -0.2) is 4.79 Å². The number of benzene rings is 2. The van der Waals surface area contributed by atoms with Crippen molar-refractivity contribution in [2.45, 2.75) is 13.0 Å². The summed E-state index contributed by atoms with van der Waals surface area (Å²) < 4.78 is 24.0. The summed E-state index contributed by atoms with van der Waals surface area (Å²) in [5, 5.41) is 13.6. The highest BCUT2D eigenvalue weighted by Crippen LogP contribution is 2.29. The number of halogens is 2. The lowest BCUT2D eigenvalue weighted by molar-refractivity contribution is -0.387. The lowest BCUT2D eigenvalue weighted by atomic mass is 10.1. The van der Waals surface area contributed by atoms with Crippen molar-refractivity contribution in [3.63, 3.8) is 0 Å².